The van der Waals surface area contributed by atoms with E-state index in [1.165, 1.54) is 11.2 Å². The van der Waals surface area contributed by atoms with Crippen LogP contribution in [0.3, 0.4) is 0 Å². The maximum atomic E-state index is 13.2. The Morgan fingerprint density at radius 2 is 2.00 bits per heavy atom. The van der Waals surface area contributed by atoms with E-state index < -0.39 is 5.54 Å². The second-order valence-electron chi connectivity index (χ2n) is 7.79. The van der Waals surface area contributed by atoms with Crippen LogP contribution in [0, 0.1) is 6.92 Å². The standard InChI is InChI=1S/C23H26N4O2S/c1-4-5-12-29-17-9-7-16(8-10-17)23(3)13-18(19-11-6-15(2)30-19)20(22(28)26-23)21-24-14-25-27-21/h6-11,14H,4-5,12-13H2,1-3H3,(H,26,28)(H,24,25,27)/t23-/m0/s1. The van der Waals surface area contributed by atoms with Gasteiger partial charge in [-0.25, -0.2) is 4.98 Å². The molecule has 1 aliphatic rings. The summed E-state index contributed by atoms with van der Waals surface area (Å²) in [6, 6.07) is 12.2. The summed E-state index contributed by atoms with van der Waals surface area (Å²) in [5, 5.41) is 10.00. The highest BCUT2D eigenvalue weighted by Gasteiger charge is 2.39. The van der Waals surface area contributed by atoms with Crippen molar-refractivity contribution in [3.05, 3.63) is 63.9 Å². The lowest BCUT2D eigenvalue weighted by Gasteiger charge is -2.37. The molecule has 0 unspecified atom stereocenters. The highest BCUT2D eigenvalue weighted by molar-refractivity contribution is 7.13. The summed E-state index contributed by atoms with van der Waals surface area (Å²) in [5.74, 6) is 1.20. The number of rotatable bonds is 7. The van der Waals surface area contributed by atoms with E-state index in [4.69, 9.17) is 4.74 Å². The number of unbranched alkanes of at least 4 members (excludes halogenated alkanes) is 1. The van der Waals surface area contributed by atoms with Crippen molar-refractivity contribution >= 4 is 28.4 Å². The summed E-state index contributed by atoms with van der Waals surface area (Å²) in [6.45, 7) is 7.00. The van der Waals surface area contributed by atoms with Crippen LogP contribution < -0.4 is 10.1 Å². The summed E-state index contributed by atoms with van der Waals surface area (Å²) in [4.78, 5) is 19.8. The maximum Gasteiger partial charge on any atom is 0.256 e. The number of carbonyl (C=O) groups excluding carboxylic acids is 1. The van der Waals surface area contributed by atoms with E-state index in [0.29, 0.717) is 17.8 Å². The first-order valence-electron chi connectivity index (χ1n) is 10.2. The van der Waals surface area contributed by atoms with E-state index in [2.05, 4.69) is 53.4 Å². The largest absolute Gasteiger partial charge is 0.494 e. The van der Waals surface area contributed by atoms with E-state index in [0.717, 1.165) is 41.2 Å². The first-order valence-corrected chi connectivity index (χ1v) is 11.0. The molecule has 0 saturated carbocycles. The van der Waals surface area contributed by atoms with Gasteiger partial charge in [0, 0.05) is 16.2 Å². The number of benzene rings is 1. The molecule has 2 aromatic heterocycles. The van der Waals surface area contributed by atoms with E-state index in [9.17, 15) is 4.79 Å². The van der Waals surface area contributed by atoms with Crippen molar-refractivity contribution < 1.29 is 9.53 Å². The molecular weight excluding hydrogens is 396 g/mol. The summed E-state index contributed by atoms with van der Waals surface area (Å²) < 4.78 is 5.79. The molecule has 1 aromatic carbocycles. The van der Waals surface area contributed by atoms with Gasteiger partial charge in [-0.05, 0) is 55.7 Å². The number of carbonyl (C=O) groups is 1. The summed E-state index contributed by atoms with van der Waals surface area (Å²) >= 11 is 1.69. The number of aromatic amines is 1. The normalized spacial score (nSPS) is 19.1. The molecule has 4 rings (SSSR count). The van der Waals surface area contributed by atoms with E-state index in [1.54, 1.807) is 11.3 Å². The highest BCUT2D eigenvalue weighted by atomic mass is 32.1. The number of nitrogens with one attached hydrogen (secondary N) is 2. The molecule has 1 amide bonds. The molecule has 0 fully saturated rings. The lowest BCUT2D eigenvalue weighted by atomic mass is 9.80. The van der Waals surface area contributed by atoms with Crippen LogP contribution in [0.1, 0.15) is 54.3 Å². The van der Waals surface area contributed by atoms with E-state index in [1.807, 2.05) is 24.3 Å². The van der Waals surface area contributed by atoms with Gasteiger partial charge in [-0.3, -0.25) is 9.89 Å². The van der Waals surface area contributed by atoms with Crippen LogP contribution in [-0.2, 0) is 10.3 Å². The molecule has 0 bridgehead atoms. The zero-order valence-electron chi connectivity index (χ0n) is 17.5. The number of amides is 1. The summed E-state index contributed by atoms with van der Waals surface area (Å²) in [6.07, 6.45) is 4.23. The Morgan fingerprint density at radius 3 is 2.63 bits per heavy atom. The Balaban J connectivity index is 1.69. The average molecular weight is 423 g/mol. The van der Waals surface area contributed by atoms with Crippen LogP contribution in [-0.4, -0.2) is 27.7 Å². The van der Waals surface area contributed by atoms with Gasteiger partial charge in [-0.2, -0.15) is 5.10 Å². The first kappa shape index (κ1) is 20.3. The van der Waals surface area contributed by atoms with Crippen LogP contribution in [0.5, 0.6) is 5.75 Å². The fourth-order valence-electron chi connectivity index (χ4n) is 3.75. The molecule has 6 nitrogen and oxygen atoms in total. The van der Waals surface area contributed by atoms with Crippen LogP contribution >= 0.6 is 11.3 Å². The number of nitrogens with zero attached hydrogens (tertiary/aromatic N) is 2. The van der Waals surface area contributed by atoms with E-state index in [-0.39, 0.29) is 5.91 Å². The van der Waals surface area contributed by atoms with Crippen LogP contribution in [0.15, 0.2) is 42.7 Å². The minimum absolute atomic E-state index is 0.148. The van der Waals surface area contributed by atoms with Gasteiger partial charge in [0.25, 0.3) is 5.91 Å². The van der Waals surface area contributed by atoms with Gasteiger partial charge in [0.1, 0.15) is 12.1 Å². The molecule has 0 spiro atoms. The Labute approximate surface area is 180 Å². The minimum Gasteiger partial charge on any atom is -0.494 e. The van der Waals surface area contributed by atoms with Gasteiger partial charge < -0.3 is 10.1 Å². The molecule has 156 valence electrons. The SMILES string of the molecule is CCCCOc1ccc([C@]2(C)CC(c3ccc(C)s3)=C(c3ncn[nH]3)C(=O)N2)cc1. The molecule has 3 heterocycles. The molecule has 1 atom stereocenters. The third-order valence-electron chi connectivity index (χ3n) is 5.40. The van der Waals surface area contributed by atoms with Gasteiger partial charge in [0.05, 0.1) is 17.7 Å². The molecule has 1 aliphatic heterocycles. The Bertz CT molecular complexity index is 1050. The number of aromatic nitrogens is 3. The van der Waals surface area contributed by atoms with Crippen molar-refractivity contribution in [2.75, 3.05) is 6.61 Å². The van der Waals surface area contributed by atoms with Crippen molar-refractivity contribution in [2.45, 2.75) is 45.6 Å². The molecule has 7 heteroatoms. The van der Waals surface area contributed by atoms with Crippen molar-refractivity contribution in [2.24, 2.45) is 0 Å². The smallest absolute Gasteiger partial charge is 0.256 e. The average Bonchev–Trinajstić information content (AvgIpc) is 3.40. The zero-order valence-corrected chi connectivity index (χ0v) is 18.3. The van der Waals surface area contributed by atoms with Gasteiger partial charge >= 0.3 is 0 Å². The maximum absolute atomic E-state index is 13.2. The lowest BCUT2D eigenvalue weighted by molar-refractivity contribution is -0.117. The minimum atomic E-state index is -0.532. The number of H-pyrrole nitrogens is 1. The Hall–Kier alpha value is -2.93. The number of aryl methyl sites for hydroxylation is 1. The first-order chi connectivity index (χ1) is 14.5. The number of hydrogen-bond acceptors (Lipinski definition) is 5. The van der Waals surface area contributed by atoms with Gasteiger partial charge in [-0.1, -0.05) is 25.5 Å². The lowest BCUT2D eigenvalue weighted by Crippen LogP contribution is -2.47. The fourth-order valence-corrected chi connectivity index (χ4v) is 4.66. The highest BCUT2D eigenvalue weighted by Crippen LogP contribution is 2.42. The van der Waals surface area contributed by atoms with Crippen LogP contribution in [0.2, 0.25) is 0 Å². The molecular formula is C23H26N4O2S. The quantitative estimate of drug-likeness (QED) is 0.541. The number of thiophene rings is 1. The summed E-state index contributed by atoms with van der Waals surface area (Å²) in [5.41, 5.74) is 2.06. The van der Waals surface area contributed by atoms with Crippen molar-refractivity contribution in [3.63, 3.8) is 0 Å². The second-order valence-corrected chi connectivity index (χ2v) is 9.08. The second kappa shape index (κ2) is 8.44. The van der Waals surface area contributed by atoms with Crippen molar-refractivity contribution in [3.8, 4) is 5.75 Å². The van der Waals surface area contributed by atoms with Crippen LogP contribution in [0.25, 0.3) is 11.1 Å². The third kappa shape index (κ3) is 4.03. The topological polar surface area (TPSA) is 79.9 Å². The third-order valence-corrected chi connectivity index (χ3v) is 6.46. The molecule has 30 heavy (non-hydrogen) atoms. The predicted octanol–water partition coefficient (Wildman–Crippen LogP) is 4.70. The van der Waals surface area contributed by atoms with Crippen molar-refractivity contribution in [1.82, 2.24) is 20.5 Å². The predicted molar refractivity (Wildman–Crippen MR) is 119 cm³/mol. The molecule has 2 N–H and O–H groups in total. The summed E-state index contributed by atoms with van der Waals surface area (Å²) in [7, 11) is 0. The molecule has 0 aliphatic carbocycles. The van der Waals surface area contributed by atoms with Gasteiger partial charge in [-0.15, -0.1) is 11.3 Å². The molecule has 0 saturated heterocycles. The Kier molecular flexibility index (Phi) is 5.72. The fraction of sp³-hybridized carbons (Fsp3) is 0.348. The van der Waals surface area contributed by atoms with Crippen molar-refractivity contribution in [1.29, 1.82) is 0 Å². The molecule has 0 radical (unpaired) electrons. The van der Waals surface area contributed by atoms with Crippen LogP contribution in [0.4, 0.5) is 0 Å². The zero-order chi connectivity index (χ0) is 21.1. The van der Waals surface area contributed by atoms with E-state index >= 15 is 0 Å². The van der Waals surface area contributed by atoms with Gasteiger partial charge in [0.15, 0.2) is 5.82 Å². The Morgan fingerprint density at radius 1 is 1.20 bits per heavy atom. The monoisotopic (exact) mass is 422 g/mol. The number of hydrogen-bond donors (Lipinski definition) is 2. The number of ether oxygens (including phenoxy) is 1. The molecule has 3 aromatic rings. The van der Waals surface area contributed by atoms with Gasteiger partial charge in [0.2, 0.25) is 0 Å².